The van der Waals surface area contributed by atoms with Crippen molar-refractivity contribution in [3.63, 3.8) is 0 Å². The third kappa shape index (κ3) is 4.65. The van der Waals surface area contributed by atoms with E-state index in [-0.39, 0.29) is 12.5 Å². The van der Waals surface area contributed by atoms with Crippen molar-refractivity contribution in [1.29, 1.82) is 0 Å². The monoisotopic (exact) mass is 305 g/mol. The maximum absolute atomic E-state index is 11.8. The van der Waals surface area contributed by atoms with Gasteiger partial charge in [0.05, 0.1) is 18.7 Å². The zero-order valence-electron chi connectivity index (χ0n) is 11.6. The number of aromatic nitrogens is 1. The number of rotatable bonds is 6. The lowest BCUT2D eigenvalue weighted by atomic mass is 10.2. The number of nitrogens with one attached hydrogen (secondary N) is 2. The molecule has 5 nitrogen and oxygen atoms in total. The quantitative estimate of drug-likeness (QED) is 0.860. The number of pyridine rings is 1. The van der Waals surface area contributed by atoms with E-state index in [1.165, 1.54) is 0 Å². The number of anilines is 1. The van der Waals surface area contributed by atoms with Crippen LogP contribution in [0, 0.1) is 0 Å². The first-order chi connectivity index (χ1) is 10.2. The first-order valence-corrected chi connectivity index (χ1v) is 6.80. The van der Waals surface area contributed by atoms with Gasteiger partial charge in [-0.1, -0.05) is 11.6 Å². The molecule has 1 heterocycles. The molecule has 2 N–H and O–H groups in total. The van der Waals surface area contributed by atoms with Gasteiger partial charge in [0.1, 0.15) is 5.75 Å². The summed E-state index contributed by atoms with van der Waals surface area (Å²) in [6, 6.07) is 8.99. The fourth-order valence-electron chi connectivity index (χ4n) is 1.72. The fourth-order valence-corrected chi connectivity index (χ4v) is 1.98. The summed E-state index contributed by atoms with van der Waals surface area (Å²) >= 11 is 6.01. The summed E-state index contributed by atoms with van der Waals surface area (Å²) in [6.07, 6.45) is 3.39. The van der Waals surface area contributed by atoms with Gasteiger partial charge >= 0.3 is 0 Å². The van der Waals surface area contributed by atoms with E-state index < -0.39 is 0 Å². The van der Waals surface area contributed by atoms with E-state index in [1.807, 2.05) is 12.1 Å². The van der Waals surface area contributed by atoms with Gasteiger partial charge in [-0.3, -0.25) is 9.78 Å². The number of carbonyl (C=O) groups is 1. The van der Waals surface area contributed by atoms with Crippen molar-refractivity contribution < 1.29 is 9.53 Å². The lowest BCUT2D eigenvalue weighted by Gasteiger charge is -2.09. The molecule has 21 heavy (non-hydrogen) atoms. The zero-order valence-corrected chi connectivity index (χ0v) is 12.4. The fraction of sp³-hybridized carbons (Fsp3) is 0.200. The van der Waals surface area contributed by atoms with Crippen molar-refractivity contribution in [2.45, 2.75) is 6.54 Å². The van der Waals surface area contributed by atoms with Crippen molar-refractivity contribution in [3.8, 4) is 5.75 Å². The number of nitrogens with zero attached hydrogens (tertiary/aromatic N) is 1. The van der Waals surface area contributed by atoms with E-state index in [9.17, 15) is 4.79 Å². The Hall–Kier alpha value is -2.27. The lowest BCUT2D eigenvalue weighted by molar-refractivity contribution is -0.119. The van der Waals surface area contributed by atoms with Crippen LogP contribution in [0.15, 0.2) is 42.7 Å². The van der Waals surface area contributed by atoms with Crippen LogP contribution < -0.4 is 15.4 Å². The largest absolute Gasteiger partial charge is 0.495 e. The number of hydrogen-bond acceptors (Lipinski definition) is 4. The molecule has 1 amide bonds. The first-order valence-electron chi connectivity index (χ1n) is 6.42. The minimum Gasteiger partial charge on any atom is -0.495 e. The van der Waals surface area contributed by atoms with Crippen molar-refractivity contribution in [2.75, 3.05) is 19.0 Å². The molecule has 0 saturated heterocycles. The lowest BCUT2D eigenvalue weighted by Crippen LogP contribution is -2.29. The Morgan fingerprint density at radius 1 is 1.29 bits per heavy atom. The molecule has 0 saturated carbocycles. The standard InChI is InChI=1S/C15H16ClN3O2/c1-21-14-3-2-12(8-13(14)16)18-10-15(20)19-9-11-4-6-17-7-5-11/h2-8,18H,9-10H2,1H3,(H,19,20). The summed E-state index contributed by atoms with van der Waals surface area (Å²) in [4.78, 5) is 15.7. The molecule has 0 radical (unpaired) electrons. The number of benzene rings is 1. The van der Waals surface area contributed by atoms with Gasteiger partial charge in [0.25, 0.3) is 0 Å². The second-order valence-corrected chi connectivity index (χ2v) is 4.74. The van der Waals surface area contributed by atoms with Gasteiger partial charge in [-0.05, 0) is 35.9 Å². The van der Waals surface area contributed by atoms with Crippen LogP contribution in [0.25, 0.3) is 0 Å². The molecule has 0 unspecified atom stereocenters. The van der Waals surface area contributed by atoms with Crippen molar-refractivity contribution >= 4 is 23.2 Å². The van der Waals surface area contributed by atoms with E-state index in [4.69, 9.17) is 16.3 Å². The van der Waals surface area contributed by atoms with E-state index in [1.54, 1.807) is 37.7 Å². The maximum Gasteiger partial charge on any atom is 0.239 e. The Kier molecular flexibility index (Phi) is 5.40. The average Bonchev–Trinajstić information content (AvgIpc) is 2.52. The molecule has 1 aromatic carbocycles. The van der Waals surface area contributed by atoms with E-state index in [2.05, 4.69) is 15.6 Å². The van der Waals surface area contributed by atoms with Crippen LogP contribution in [0.4, 0.5) is 5.69 Å². The normalized spacial score (nSPS) is 10.0. The number of methoxy groups -OCH3 is 1. The SMILES string of the molecule is COc1ccc(NCC(=O)NCc2ccncc2)cc1Cl. The van der Waals surface area contributed by atoms with Crippen LogP contribution in [-0.4, -0.2) is 24.5 Å². The molecular formula is C15H16ClN3O2. The molecule has 1 aromatic heterocycles. The molecule has 6 heteroatoms. The third-order valence-corrected chi connectivity index (χ3v) is 3.14. The molecule has 0 aliphatic rings. The van der Waals surface area contributed by atoms with Gasteiger partial charge in [-0.15, -0.1) is 0 Å². The molecular weight excluding hydrogens is 290 g/mol. The van der Waals surface area contributed by atoms with Gasteiger partial charge in [-0.25, -0.2) is 0 Å². The van der Waals surface area contributed by atoms with Crippen molar-refractivity contribution in [2.24, 2.45) is 0 Å². The highest BCUT2D eigenvalue weighted by molar-refractivity contribution is 6.32. The Morgan fingerprint density at radius 2 is 2.05 bits per heavy atom. The average molecular weight is 306 g/mol. The van der Waals surface area contributed by atoms with Crippen molar-refractivity contribution in [1.82, 2.24) is 10.3 Å². The highest BCUT2D eigenvalue weighted by Crippen LogP contribution is 2.26. The smallest absolute Gasteiger partial charge is 0.239 e. The summed E-state index contributed by atoms with van der Waals surface area (Å²) < 4.78 is 5.07. The summed E-state index contributed by atoms with van der Waals surface area (Å²) in [7, 11) is 1.56. The van der Waals surface area contributed by atoms with Crippen LogP contribution >= 0.6 is 11.6 Å². The van der Waals surface area contributed by atoms with Gasteiger partial charge in [0.15, 0.2) is 0 Å². The van der Waals surface area contributed by atoms with E-state index in [0.29, 0.717) is 17.3 Å². The van der Waals surface area contributed by atoms with Crippen LogP contribution in [0.1, 0.15) is 5.56 Å². The van der Waals surface area contributed by atoms with Crippen LogP contribution in [0.2, 0.25) is 5.02 Å². The van der Waals surface area contributed by atoms with E-state index >= 15 is 0 Å². The Balaban J connectivity index is 1.80. The van der Waals surface area contributed by atoms with Gasteiger partial charge in [0, 0.05) is 24.6 Å². The summed E-state index contributed by atoms with van der Waals surface area (Å²) in [6.45, 7) is 0.653. The summed E-state index contributed by atoms with van der Waals surface area (Å²) in [5, 5.41) is 6.33. The molecule has 0 spiro atoms. The molecule has 2 rings (SSSR count). The molecule has 2 aromatic rings. The van der Waals surface area contributed by atoms with Crippen molar-refractivity contribution in [3.05, 3.63) is 53.3 Å². The Labute approximate surface area is 128 Å². The van der Waals surface area contributed by atoms with Crippen LogP contribution in [-0.2, 0) is 11.3 Å². The topological polar surface area (TPSA) is 63.2 Å². The molecule has 0 aliphatic heterocycles. The minimum absolute atomic E-state index is 0.0984. The number of ether oxygens (including phenoxy) is 1. The van der Waals surface area contributed by atoms with Gasteiger partial charge in [-0.2, -0.15) is 0 Å². The second-order valence-electron chi connectivity index (χ2n) is 4.34. The van der Waals surface area contributed by atoms with Crippen LogP contribution in [0.5, 0.6) is 5.75 Å². The highest BCUT2D eigenvalue weighted by Gasteiger charge is 2.04. The van der Waals surface area contributed by atoms with Gasteiger partial charge in [0.2, 0.25) is 5.91 Å². The molecule has 0 fully saturated rings. The Bertz CT molecular complexity index is 605. The predicted octanol–water partition coefficient (Wildman–Crippen LogP) is 2.47. The number of amides is 1. The second kappa shape index (κ2) is 7.50. The van der Waals surface area contributed by atoms with Gasteiger partial charge < -0.3 is 15.4 Å². The molecule has 110 valence electrons. The third-order valence-electron chi connectivity index (χ3n) is 2.84. The zero-order chi connectivity index (χ0) is 15.1. The number of hydrogen-bond donors (Lipinski definition) is 2. The minimum atomic E-state index is -0.0984. The highest BCUT2D eigenvalue weighted by atomic mass is 35.5. The van der Waals surface area contributed by atoms with Crippen LogP contribution in [0.3, 0.4) is 0 Å². The number of carbonyl (C=O) groups excluding carboxylic acids is 1. The predicted molar refractivity (Wildman–Crippen MR) is 82.6 cm³/mol. The number of halogens is 1. The first kappa shape index (κ1) is 15.1. The summed E-state index contributed by atoms with van der Waals surface area (Å²) in [5.74, 6) is 0.503. The molecule has 0 atom stereocenters. The maximum atomic E-state index is 11.8. The Morgan fingerprint density at radius 3 is 2.71 bits per heavy atom. The molecule has 0 bridgehead atoms. The molecule has 0 aliphatic carbocycles. The summed E-state index contributed by atoms with van der Waals surface area (Å²) in [5.41, 5.74) is 1.77. The van der Waals surface area contributed by atoms with E-state index in [0.717, 1.165) is 11.3 Å².